The maximum absolute atomic E-state index is 4.80. The summed E-state index contributed by atoms with van der Waals surface area (Å²) >= 11 is 0. The second kappa shape index (κ2) is 9.03. The molecule has 1 fully saturated rings. The number of nitrogens with zero attached hydrogens (tertiary/aromatic N) is 3. The van der Waals surface area contributed by atoms with Crippen LogP contribution in [0.1, 0.15) is 50.2 Å². The van der Waals surface area contributed by atoms with Crippen LogP contribution in [-0.2, 0) is 6.42 Å². The summed E-state index contributed by atoms with van der Waals surface area (Å²) in [7, 11) is 0. The maximum Gasteiger partial charge on any atom is 0.225 e. The first-order valence-corrected chi connectivity index (χ1v) is 10.7. The highest BCUT2D eigenvalue weighted by Gasteiger charge is 2.16. The number of aryl methyl sites for hydroxylation is 2. The van der Waals surface area contributed by atoms with Gasteiger partial charge < -0.3 is 10.6 Å². The van der Waals surface area contributed by atoms with Crippen LogP contribution in [-0.4, -0.2) is 21.0 Å². The lowest BCUT2D eigenvalue weighted by atomic mass is 9.96. The van der Waals surface area contributed by atoms with Crippen molar-refractivity contribution in [2.75, 3.05) is 10.6 Å². The van der Waals surface area contributed by atoms with Crippen molar-refractivity contribution >= 4 is 17.5 Å². The summed E-state index contributed by atoms with van der Waals surface area (Å²) in [6.45, 7) is 4.30. The second-order valence-electron chi connectivity index (χ2n) is 7.74. The van der Waals surface area contributed by atoms with Gasteiger partial charge in [0.2, 0.25) is 5.95 Å². The van der Waals surface area contributed by atoms with E-state index in [1.165, 1.54) is 43.2 Å². The van der Waals surface area contributed by atoms with Gasteiger partial charge in [-0.15, -0.1) is 0 Å². The van der Waals surface area contributed by atoms with E-state index in [1.54, 1.807) is 6.20 Å². The van der Waals surface area contributed by atoms with Gasteiger partial charge in [-0.1, -0.05) is 50.5 Å². The highest BCUT2D eigenvalue weighted by Crippen LogP contribution is 2.28. The summed E-state index contributed by atoms with van der Waals surface area (Å²) in [5.74, 6) is 1.47. The van der Waals surface area contributed by atoms with Crippen molar-refractivity contribution in [2.45, 2.75) is 58.4 Å². The summed E-state index contributed by atoms with van der Waals surface area (Å²) in [5, 5.41) is 7.13. The van der Waals surface area contributed by atoms with E-state index in [4.69, 9.17) is 9.97 Å². The van der Waals surface area contributed by atoms with Crippen molar-refractivity contribution in [2.24, 2.45) is 0 Å². The lowest BCUT2D eigenvalue weighted by Gasteiger charge is -2.23. The highest BCUT2D eigenvalue weighted by atomic mass is 15.2. The average Bonchev–Trinajstić information content (AvgIpc) is 2.76. The first-order chi connectivity index (χ1) is 14.2. The van der Waals surface area contributed by atoms with E-state index in [9.17, 15) is 0 Å². The van der Waals surface area contributed by atoms with Crippen LogP contribution in [0.2, 0.25) is 0 Å². The highest BCUT2D eigenvalue weighted by molar-refractivity contribution is 5.69. The molecule has 0 amide bonds. The number of anilines is 3. The second-order valence-corrected chi connectivity index (χ2v) is 7.74. The Morgan fingerprint density at radius 2 is 1.83 bits per heavy atom. The number of hydrogen-bond donors (Lipinski definition) is 2. The van der Waals surface area contributed by atoms with Crippen molar-refractivity contribution in [1.29, 1.82) is 0 Å². The van der Waals surface area contributed by atoms with Crippen LogP contribution in [0.15, 0.2) is 48.7 Å². The predicted octanol–water partition coefficient (Wildman–Crippen LogP) is 5.90. The SMILES string of the molecule is CCc1cccc(C)c1Nc1cc(-c2ccccn2)nc(NC2CCCCC2)n1. The Kier molecular flexibility index (Phi) is 6.03. The van der Waals surface area contributed by atoms with Gasteiger partial charge in [-0.25, -0.2) is 4.98 Å². The molecule has 150 valence electrons. The van der Waals surface area contributed by atoms with Gasteiger partial charge >= 0.3 is 0 Å². The molecule has 3 aromatic rings. The van der Waals surface area contributed by atoms with Crippen molar-refractivity contribution in [3.05, 3.63) is 59.8 Å². The Bertz CT molecular complexity index is 949. The Hall–Kier alpha value is -2.95. The fourth-order valence-electron chi connectivity index (χ4n) is 3.98. The van der Waals surface area contributed by atoms with Gasteiger partial charge in [0.05, 0.1) is 11.4 Å². The van der Waals surface area contributed by atoms with Gasteiger partial charge in [0.15, 0.2) is 0 Å². The van der Waals surface area contributed by atoms with E-state index in [0.29, 0.717) is 12.0 Å². The Labute approximate surface area is 173 Å². The molecule has 4 rings (SSSR count). The van der Waals surface area contributed by atoms with Crippen molar-refractivity contribution in [3.63, 3.8) is 0 Å². The zero-order valence-electron chi connectivity index (χ0n) is 17.3. The number of benzene rings is 1. The number of para-hydroxylation sites is 1. The van der Waals surface area contributed by atoms with Crippen LogP contribution in [0.25, 0.3) is 11.4 Å². The summed E-state index contributed by atoms with van der Waals surface area (Å²) < 4.78 is 0. The number of aromatic nitrogens is 3. The molecule has 1 aliphatic rings. The third-order valence-electron chi connectivity index (χ3n) is 5.58. The molecule has 0 spiro atoms. The quantitative estimate of drug-likeness (QED) is 0.551. The van der Waals surface area contributed by atoms with Gasteiger partial charge in [0.1, 0.15) is 5.82 Å². The predicted molar refractivity (Wildman–Crippen MR) is 120 cm³/mol. The lowest BCUT2D eigenvalue weighted by molar-refractivity contribution is 0.461. The van der Waals surface area contributed by atoms with Crippen LogP contribution in [0, 0.1) is 6.92 Å². The maximum atomic E-state index is 4.80. The Morgan fingerprint density at radius 3 is 2.59 bits per heavy atom. The zero-order valence-corrected chi connectivity index (χ0v) is 17.3. The molecule has 0 unspecified atom stereocenters. The molecule has 1 aliphatic carbocycles. The van der Waals surface area contributed by atoms with Crippen LogP contribution in [0.3, 0.4) is 0 Å². The number of nitrogens with one attached hydrogen (secondary N) is 2. The van der Waals surface area contributed by atoms with E-state index < -0.39 is 0 Å². The van der Waals surface area contributed by atoms with E-state index in [0.717, 1.165) is 29.3 Å². The number of hydrogen-bond acceptors (Lipinski definition) is 5. The molecular weight excluding hydrogens is 358 g/mol. The monoisotopic (exact) mass is 387 g/mol. The molecule has 5 nitrogen and oxygen atoms in total. The Balaban J connectivity index is 1.69. The molecule has 2 heterocycles. The van der Waals surface area contributed by atoms with Gasteiger partial charge in [-0.3, -0.25) is 4.98 Å². The largest absolute Gasteiger partial charge is 0.351 e. The van der Waals surface area contributed by atoms with E-state index in [1.807, 2.05) is 24.3 Å². The molecule has 2 aromatic heterocycles. The average molecular weight is 388 g/mol. The van der Waals surface area contributed by atoms with E-state index >= 15 is 0 Å². The fraction of sp³-hybridized carbons (Fsp3) is 0.375. The van der Waals surface area contributed by atoms with E-state index in [-0.39, 0.29) is 0 Å². The van der Waals surface area contributed by atoms with Gasteiger partial charge in [-0.05, 0) is 49.4 Å². The minimum absolute atomic E-state index is 0.445. The molecule has 0 radical (unpaired) electrons. The van der Waals surface area contributed by atoms with Gasteiger partial charge in [0.25, 0.3) is 0 Å². The number of rotatable bonds is 6. The first-order valence-electron chi connectivity index (χ1n) is 10.7. The van der Waals surface area contributed by atoms with Crippen LogP contribution in [0.5, 0.6) is 0 Å². The summed E-state index contributed by atoms with van der Waals surface area (Å²) in [6, 6.07) is 14.7. The standard InChI is InChI=1S/C24H29N5/c1-3-18-11-9-10-17(2)23(18)28-22-16-21(20-14-7-8-15-25-20)27-24(29-22)26-19-12-5-4-6-13-19/h7-11,14-16,19H,3-6,12-13H2,1-2H3,(H2,26,27,28,29). The van der Waals surface area contributed by atoms with Crippen LogP contribution >= 0.6 is 0 Å². The molecule has 5 heteroatoms. The topological polar surface area (TPSA) is 62.7 Å². The first kappa shape index (κ1) is 19.4. The van der Waals surface area contributed by atoms with Crippen LogP contribution in [0.4, 0.5) is 17.5 Å². The summed E-state index contributed by atoms with van der Waals surface area (Å²) in [4.78, 5) is 14.1. The summed E-state index contributed by atoms with van der Waals surface area (Å²) in [5.41, 5.74) is 5.30. The summed E-state index contributed by atoms with van der Waals surface area (Å²) in [6.07, 6.45) is 8.99. The molecule has 0 bridgehead atoms. The molecule has 1 aromatic carbocycles. The molecule has 1 saturated carbocycles. The van der Waals surface area contributed by atoms with Gasteiger partial charge in [-0.2, -0.15) is 4.98 Å². The van der Waals surface area contributed by atoms with Crippen LogP contribution < -0.4 is 10.6 Å². The molecule has 29 heavy (non-hydrogen) atoms. The van der Waals surface area contributed by atoms with Crippen molar-refractivity contribution < 1.29 is 0 Å². The molecule has 0 atom stereocenters. The number of pyridine rings is 1. The molecular formula is C24H29N5. The fourth-order valence-corrected chi connectivity index (χ4v) is 3.98. The molecule has 0 aliphatic heterocycles. The zero-order chi connectivity index (χ0) is 20.1. The minimum Gasteiger partial charge on any atom is -0.351 e. The van der Waals surface area contributed by atoms with Crippen molar-refractivity contribution in [3.8, 4) is 11.4 Å². The third kappa shape index (κ3) is 4.73. The Morgan fingerprint density at radius 1 is 0.966 bits per heavy atom. The molecule has 0 saturated heterocycles. The minimum atomic E-state index is 0.445. The third-order valence-corrected chi connectivity index (χ3v) is 5.58. The normalized spacial score (nSPS) is 14.6. The smallest absolute Gasteiger partial charge is 0.225 e. The lowest BCUT2D eigenvalue weighted by Crippen LogP contribution is -2.23. The molecule has 2 N–H and O–H groups in total. The van der Waals surface area contributed by atoms with E-state index in [2.05, 4.69) is 47.7 Å². The van der Waals surface area contributed by atoms with Crippen molar-refractivity contribution in [1.82, 2.24) is 15.0 Å². The van der Waals surface area contributed by atoms with Gasteiger partial charge in [0, 0.05) is 24.0 Å².